The zero-order valence-electron chi connectivity index (χ0n) is 9.02. The van der Waals surface area contributed by atoms with Crippen LogP contribution in [0.1, 0.15) is 10.6 Å². The van der Waals surface area contributed by atoms with E-state index in [9.17, 15) is 0 Å². The molecule has 1 aromatic carbocycles. The highest BCUT2D eigenvalue weighted by molar-refractivity contribution is 7.09. The second kappa shape index (κ2) is 5.63. The summed E-state index contributed by atoms with van der Waals surface area (Å²) in [4.78, 5) is 4.23. The second-order valence-corrected chi connectivity index (χ2v) is 4.53. The predicted octanol–water partition coefficient (Wildman–Crippen LogP) is 2.06. The van der Waals surface area contributed by atoms with Gasteiger partial charge in [0, 0.05) is 36.8 Å². The first-order valence-electron chi connectivity index (χ1n) is 5.29. The first-order valence-corrected chi connectivity index (χ1v) is 6.16. The number of nitrogens with one attached hydrogen (secondary N) is 1. The van der Waals surface area contributed by atoms with Gasteiger partial charge in [-0.1, -0.05) is 18.2 Å². The molecule has 0 radical (unpaired) electrons. The summed E-state index contributed by atoms with van der Waals surface area (Å²) in [5.74, 6) is 0. The molecule has 0 unspecified atom stereocenters. The van der Waals surface area contributed by atoms with Gasteiger partial charge in [-0.25, -0.2) is 4.98 Å². The molecule has 4 heteroatoms. The van der Waals surface area contributed by atoms with E-state index in [1.807, 2.05) is 35.8 Å². The van der Waals surface area contributed by atoms with E-state index in [1.165, 1.54) is 5.01 Å². The Bertz CT molecular complexity index is 426. The van der Waals surface area contributed by atoms with E-state index in [0.717, 1.165) is 30.8 Å². The molecular weight excluding hydrogens is 218 g/mol. The largest absolute Gasteiger partial charge is 0.398 e. The Kier molecular flexibility index (Phi) is 3.91. The number of para-hydroxylation sites is 1. The maximum atomic E-state index is 5.85. The van der Waals surface area contributed by atoms with Gasteiger partial charge in [-0.05, 0) is 11.6 Å². The molecule has 3 N–H and O–H groups in total. The molecule has 0 aliphatic heterocycles. The Morgan fingerprint density at radius 3 is 2.94 bits per heavy atom. The zero-order chi connectivity index (χ0) is 11.2. The molecule has 2 aromatic rings. The highest BCUT2D eigenvalue weighted by Crippen LogP contribution is 2.09. The quantitative estimate of drug-likeness (QED) is 0.614. The maximum absolute atomic E-state index is 5.85. The molecule has 1 aromatic heterocycles. The van der Waals surface area contributed by atoms with Gasteiger partial charge in [0.2, 0.25) is 0 Å². The summed E-state index contributed by atoms with van der Waals surface area (Å²) in [5, 5.41) is 6.55. The fraction of sp³-hybridized carbons (Fsp3) is 0.250. The molecule has 0 atom stereocenters. The normalized spacial score (nSPS) is 10.5. The maximum Gasteiger partial charge on any atom is 0.0937 e. The highest BCUT2D eigenvalue weighted by Gasteiger charge is 1.98. The van der Waals surface area contributed by atoms with Crippen LogP contribution in [0.15, 0.2) is 35.8 Å². The van der Waals surface area contributed by atoms with Crippen molar-refractivity contribution >= 4 is 17.0 Å². The number of nitrogen functional groups attached to an aromatic ring is 1. The van der Waals surface area contributed by atoms with Crippen molar-refractivity contribution in [2.45, 2.75) is 13.0 Å². The Labute approximate surface area is 99.3 Å². The van der Waals surface area contributed by atoms with Crippen LogP contribution in [0.5, 0.6) is 0 Å². The van der Waals surface area contributed by atoms with Crippen LogP contribution in [-0.2, 0) is 13.0 Å². The number of nitrogens with zero attached hydrogens (tertiary/aromatic N) is 1. The van der Waals surface area contributed by atoms with Crippen molar-refractivity contribution in [3.05, 3.63) is 46.4 Å². The molecule has 0 spiro atoms. The Balaban J connectivity index is 1.74. The van der Waals surface area contributed by atoms with Crippen LogP contribution in [0.2, 0.25) is 0 Å². The van der Waals surface area contributed by atoms with Crippen molar-refractivity contribution in [2.75, 3.05) is 12.3 Å². The number of thiazole rings is 1. The number of anilines is 1. The minimum Gasteiger partial charge on any atom is -0.398 e. The summed E-state index contributed by atoms with van der Waals surface area (Å²) >= 11 is 1.70. The predicted molar refractivity (Wildman–Crippen MR) is 68.4 cm³/mol. The summed E-state index contributed by atoms with van der Waals surface area (Å²) in [6, 6.07) is 7.94. The number of hydrogen-bond donors (Lipinski definition) is 2. The monoisotopic (exact) mass is 233 g/mol. The molecule has 0 amide bonds. The summed E-state index contributed by atoms with van der Waals surface area (Å²) in [6.07, 6.45) is 2.82. The second-order valence-electron chi connectivity index (χ2n) is 3.55. The van der Waals surface area contributed by atoms with Crippen molar-refractivity contribution in [3.63, 3.8) is 0 Å². The van der Waals surface area contributed by atoms with Crippen LogP contribution in [0, 0.1) is 0 Å². The third kappa shape index (κ3) is 3.05. The van der Waals surface area contributed by atoms with Crippen LogP contribution >= 0.6 is 11.3 Å². The van der Waals surface area contributed by atoms with E-state index in [2.05, 4.69) is 10.3 Å². The number of aromatic nitrogens is 1. The van der Waals surface area contributed by atoms with Gasteiger partial charge in [0.1, 0.15) is 0 Å². The van der Waals surface area contributed by atoms with Crippen molar-refractivity contribution < 1.29 is 0 Å². The smallest absolute Gasteiger partial charge is 0.0937 e. The SMILES string of the molecule is Nc1ccccc1CNCCc1nccs1. The fourth-order valence-electron chi connectivity index (χ4n) is 1.49. The van der Waals surface area contributed by atoms with E-state index in [4.69, 9.17) is 5.73 Å². The average molecular weight is 233 g/mol. The molecular formula is C12H15N3S. The minimum absolute atomic E-state index is 0.818. The van der Waals surface area contributed by atoms with Gasteiger partial charge in [0.05, 0.1) is 5.01 Å². The number of rotatable bonds is 5. The summed E-state index contributed by atoms with van der Waals surface area (Å²) < 4.78 is 0. The average Bonchev–Trinajstić information content (AvgIpc) is 2.79. The van der Waals surface area contributed by atoms with Crippen molar-refractivity contribution in [2.24, 2.45) is 0 Å². The number of hydrogen-bond acceptors (Lipinski definition) is 4. The molecule has 0 saturated carbocycles. The standard InChI is InChI=1S/C12H15N3S/c13-11-4-2-1-3-10(11)9-14-6-5-12-15-7-8-16-12/h1-4,7-8,14H,5-6,9,13H2. The fourth-order valence-corrected chi connectivity index (χ4v) is 2.11. The third-order valence-corrected chi connectivity index (χ3v) is 3.21. The molecule has 84 valence electrons. The summed E-state index contributed by atoms with van der Waals surface area (Å²) in [5.41, 5.74) is 7.85. The van der Waals surface area contributed by atoms with E-state index in [1.54, 1.807) is 11.3 Å². The van der Waals surface area contributed by atoms with E-state index >= 15 is 0 Å². The van der Waals surface area contributed by atoms with Crippen LogP contribution in [0.25, 0.3) is 0 Å². The minimum atomic E-state index is 0.818. The van der Waals surface area contributed by atoms with Crippen LogP contribution < -0.4 is 11.1 Å². The van der Waals surface area contributed by atoms with Crippen molar-refractivity contribution in [1.29, 1.82) is 0 Å². The number of benzene rings is 1. The molecule has 0 aliphatic rings. The highest BCUT2D eigenvalue weighted by atomic mass is 32.1. The van der Waals surface area contributed by atoms with Gasteiger partial charge >= 0.3 is 0 Å². The first-order chi connectivity index (χ1) is 7.86. The lowest BCUT2D eigenvalue weighted by molar-refractivity contribution is 0.686. The molecule has 16 heavy (non-hydrogen) atoms. The molecule has 0 aliphatic carbocycles. The van der Waals surface area contributed by atoms with Crippen molar-refractivity contribution in [1.82, 2.24) is 10.3 Å². The number of nitrogens with two attached hydrogens (primary N) is 1. The first kappa shape index (κ1) is 11.1. The van der Waals surface area contributed by atoms with E-state index < -0.39 is 0 Å². The molecule has 0 fully saturated rings. The lowest BCUT2D eigenvalue weighted by Crippen LogP contribution is -2.17. The summed E-state index contributed by atoms with van der Waals surface area (Å²) in [6.45, 7) is 1.75. The molecule has 0 bridgehead atoms. The molecule has 1 heterocycles. The lowest BCUT2D eigenvalue weighted by atomic mass is 10.2. The molecule has 2 rings (SSSR count). The van der Waals surface area contributed by atoms with E-state index in [0.29, 0.717) is 0 Å². The Morgan fingerprint density at radius 2 is 2.19 bits per heavy atom. The van der Waals surface area contributed by atoms with Crippen LogP contribution in [-0.4, -0.2) is 11.5 Å². The zero-order valence-corrected chi connectivity index (χ0v) is 9.83. The topological polar surface area (TPSA) is 50.9 Å². The lowest BCUT2D eigenvalue weighted by Gasteiger charge is -2.06. The third-order valence-electron chi connectivity index (χ3n) is 2.37. The van der Waals surface area contributed by atoms with Crippen LogP contribution in [0.3, 0.4) is 0 Å². The van der Waals surface area contributed by atoms with E-state index in [-0.39, 0.29) is 0 Å². The van der Waals surface area contributed by atoms with Crippen LogP contribution in [0.4, 0.5) is 5.69 Å². The van der Waals surface area contributed by atoms with Gasteiger partial charge in [-0.2, -0.15) is 0 Å². The van der Waals surface area contributed by atoms with Crippen molar-refractivity contribution in [3.8, 4) is 0 Å². The molecule has 3 nitrogen and oxygen atoms in total. The van der Waals surface area contributed by atoms with Gasteiger partial charge in [-0.15, -0.1) is 11.3 Å². The van der Waals surface area contributed by atoms with Gasteiger partial charge in [0.15, 0.2) is 0 Å². The molecule has 0 saturated heterocycles. The van der Waals surface area contributed by atoms with Gasteiger partial charge < -0.3 is 11.1 Å². The Morgan fingerprint density at radius 1 is 1.31 bits per heavy atom. The Hall–Kier alpha value is -1.39. The van der Waals surface area contributed by atoms with Gasteiger partial charge in [0.25, 0.3) is 0 Å². The van der Waals surface area contributed by atoms with Gasteiger partial charge in [-0.3, -0.25) is 0 Å². The summed E-state index contributed by atoms with van der Waals surface area (Å²) in [7, 11) is 0.